The van der Waals surface area contributed by atoms with E-state index in [1.807, 2.05) is 0 Å². The second kappa shape index (κ2) is 7.35. The first-order valence-corrected chi connectivity index (χ1v) is 12.8. The van der Waals surface area contributed by atoms with Crippen molar-refractivity contribution in [3.8, 4) is 17.2 Å². The first-order chi connectivity index (χ1) is 14.2. The van der Waals surface area contributed by atoms with Gasteiger partial charge in [0.1, 0.15) is 30.6 Å². The van der Waals surface area contributed by atoms with E-state index in [9.17, 15) is 9.18 Å². The SMILES string of the molecule is COC(=O)c1cc(C#C[Si](C)(C)C)nc2ccc3nn(-c4cccc(F)c4)nc3c12. The second-order valence-electron chi connectivity index (χ2n) is 7.84. The lowest BCUT2D eigenvalue weighted by molar-refractivity contribution is 0.0603. The summed E-state index contributed by atoms with van der Waals surface area (Å²) in [6.07, 6.45) is 0. The third-order valence-corrected chi connectivity index (χ3v) is 5.21. The van der Waals surface area contributed by atoms with Gasteiger partial charge in [0.25, 0.3) is 0 Å². The van der Waals surface area contributed by atoms with E-state index in [0.29, 0.717) is 38.9 Å². The summed E-state index contributed by atoms with van der Waals surface area (Å²) in [6.45, 7) is 6.41. The third kappa shape index (κ3) is 3.80. The summed E-state index contributed by atoms with van der Waals surface area (Å²) in [4.78, 5) is 18.5. The first kappa shape index (κ1) is 19.7. The summed E-state index contributed by atoms with van der Waals surface area (Å²) in [5.41, 5.74) is 6.16. The number of pyridine rings is 1. The molecule has 0 bridgehead atoms. The molecule has 2 heterocycles. The van der Waals surface area contributed by atoms with Crippen molar-refractivity contribution in [2.45, 2.75) is 19.6 Å². The Morgan fingerprint density at radius 2 is 1.87 bits per heavy atom. The summed E-state index contributed by atoms with van der Waals surface area (Å²) in [7, 11) is -0.291. The zero-order valence-corrected chi connectivity index (χ0v) is 18.0. The highest BCUT2D eigenvalue weighted by molar-refractivity contribution is 6.83. The van der Waals surface area contributed by atoms with Gasteiger partial charge in [0.2, 0.25) is 0 Å². The lowest BCUT2D eigenvalue weighted by atomic mass is 10.1. The molecule has 4 aromatic rings. The number of hydrogen-bond acceptors (Lipinski definition) is 5. The number of aromatic nitrogens is 4. The molecule has 0 aliphatic carbocycles. The molecule has 0 spiro atoms. The molecule has 8 heteroatoms. The summed E-state index contributed by atoms with van der Waals surface area (Å²) >= 11 is 0. The fourth-order valence-corrected chi connectivity index (χ4v) is 3.51. The molecule has 0 amide bonds. The van der Waals surface area contributed by atoms with Gasteiger partial charge >= 0.3 is 5.97 Å². The molecule has 4 rings (SSSR count). The van der Waals surface area contributed by atoms with Crippen molar-refractivity contribution in [1.29, 1.82) is 0 Å². The van der Waals surface area contributed by atoms with Gasteiger partial charge in [-0.2, -0.15) is 4.80 Å². The summed E-state index contributed by atoms with van der Waals surface area (Å²) < 4.78 is 18.6. The van der Waals surface area contributed by atoms with Crippen LogP contribution in [0.5, 0.6) is 0 Å². The van der Waals surface area contributed by atoms with Gasteiger partial charge in [-0.3, -0.25) is 0 Å². The van der Waals surface area contributed by atoms with Crippen LogP contribution < -0.4 is 0 Å². The highest BCUT2D eigenvalue weighted by Gasteiger charge is 2.19. The standard InChI is InChI=1S/C22H19FN4O2Si/c1-29-22(28)17-13-15(10-11-30(2,3)4)24-18-8-9-19-21(20(17)18)26-27(25-19)16-7-5-6-14(23)12-16/h5-9,12-13H,1-4H3. The molecule has 0 unspecified atom stereocenters. The first-order valence-electron chi connectivity index (χ1n) is 9.33. The topological polar surface area (TPSA) is 69.9 Å². The number of carbonyl (C=O) groups excluding carboxylic acids is 1. The van der Waals surface area contributed by atoms with Gasteiger partial charge in [0.15, 0.2) is 0 Å². The number of esters is 1. The fraction of sp³-hybridized carbons (Fsp3) is 0.182. The molecular weight excluding hydrogens is 399 g/mol. The number of nitrogens with zero attached hydrogens (tertiary/aromatic N) is 4. The summed E-state index contributed by atoms with van der Waals surface area (Å²) in [5.74, 6) is 2.20. The lowest BCUT2D eigenvalue weighted by Crippen LogP contribution is -2.16. The van der Waals surface area contributed by atoms with Gasteiger partial charge in [-0.25, -0.2) is 14.2 Å². The van der Waals surface area contributed by atoms with Crippen LogP contribution in [0.25, 0.3) is 27.6 Å². The maximum atomic E-state index is 13.6. The van der Waals surface area contributed by atoms with E-state index in [1.165, 1.54) is 24.0 Å². The quantitative estimate of drug-likeness (QED) is 0.278. The van der Waals surface area contributed by atoms with Crippen LogP contribution in [-0.4, -0.2) is 41.1 Å². The van der Waals surface area contributed by atoms with E-state index >= 15 is 0 Å². The number of methoxy groups -OCH3 is 1. The van der Waals surface area contributed by atoms with Crippen LogP contribution in [0, 0.1) is 17.3 Å². The van der Waals surface area contributed by atoms with E-state index in [-0.39, 0.29) is 5.82 Å². The predicted molar refractivity (Wildman–Crippen MR) is 116 cm³/mol. The molecular formula is C22H19FN4O2Si. The molecule has 0 saturated carbocycles. The van der Waals surface area contributed by atoms with Gasteiger partial charge in [0, 0.05) is 11.5 Å². The van der Waals surface area contributed by atoms with Crippen molar-refractivity contribution < 1.29 is 13.9 Å². The van der Waals surface area contributed by atoms with Gasteiger partial charge in [-0.15, -0.1) is 15.7 Å². The molecule has 0 saturated heterocycles. The minimum Gasteiger partial charge on any atom is -0.465 e. The Balaban J connectivity index is 1.98. The Hall–Kier alpha value is -3.57. The van der Waals surface area contributed by atoms with Crippen molar-refractivity contribution in [1.82, 2.24) is 20.0 Å². The highest BCUT2D eigenvalue weighted by atomic mass is 28.3. The van der Waals surface area contributed by atoms with Gasteiger partial charge in [-0.1, -0.05) is 31.6 Å². The van der Waals surface area contributed by atoms with Gasteiger partial charge in [-0.05, 0) is 30.3 Å². The monoisotopic (exact) mass is 418 g/mol. The molecule has 0 atom stereocenters. The number of carbonyl (C=O) groups is 1. The molecule has 0 fully saturated rings. The number of halogens is 1. The van der Waals surface area contributed by atoms with Crippen molar-refractivity contribution in [2.75, 3.05) is 7.11 Å². The molecule has 6 nitrogen and oxygen atoms in total. The Bertz CT molecular complexity index is 1360. The fourth-order valence-electron chi connectivity index (χ4n) is 3.00. The van der Waals surface area contributed by atoms with E-state index in [0.717, 1.165) is 0 Å². The molecule has 30 heavy (non-hydrogen) atoms. The lowest BCUT2D eigenvalue weighted by Gasteiger charge is -2.07. The average Bonchev–Trinajstić information content (AvgIpc) is 3.15. The van der Waals surface area contributed by atoms with Crippen LogP contribution >= 0.6 is 0 Å². The smallest absolute Gasteiger partial charge is 0.338 e. The van der Waals surface area contributed by atoms with Crippen LogP contribution in [0.2, 0.25) is 19.6 Å². The summed E-state index contributed by atoms with van der Waals surface area (Å²) in [6, 6.07) is 11.1. The molecule has 0 aliphatic heterocycles. The van der Waals surface area contributed by atoms with Crippen LogP contribution in [0.3, 0.4) is 0 Å². The zero-order valence-electron chi connectivity index (χ0n) is 17.0. The molecule has 0 N–H and O–H groups in total. The highest BCUT2D eigenvalue weighted by Crippen LogP contribution is 2.27. The Labute approximate surface area is 173 Å². The summed E-state index contributed by atoms with van der Waals surface area (Å²) in [5, 5.41) is 9.46. The van der Waals surface area contributed by atoms with Crippen molar-refractivity contribution in [3.63, 3.8) is 0 Å². The molecule has 2 aromatic carbocycles. The Morgan fingerprint density at radius 1 is 1.10 bits per heavy atom. The number of rotatable bonds is 2. The number of benzene rings is 2. The predicted octanol–water partition coefficient (Wildman–Crippen LogP) is 4.12. The number of hydrogen-bond donors (Lipinski definition) is 0. The van der Waals surface area contributed by atoms with E-state index in [2.05, 4.69) is 46.3 Å². The molecule has 150 valence electrons. The minimum atomic E-state index is -1.62. The van der Waals surface area contributed by atoms with Gasteiger partial charge < -0.3 is 4.74 Å². The van der Waals surface area contributed by atoms with Crippen molar-refractivity contribution >= 4 is 36.0 Å². The number of ether oxygens (including phenoxy) is 1. The van der Waals surface area contributed by atoms with Crippen LogP contribution in [0.1, 0.15) is 16.1 Å². The normalized spacial score (nSPS) is 11.4. The second-order valence-corrected chi connectivity index (χ2v) is 12.6. The average molecular weight is 419 g/mol. The zero-order chi connectivity index (χ0) is 21.5. The van der Waals surface area contributed by atoms with Gasteiger partial charge in [0.05, 0.1) is 23.9 Å². The Morgan fingerprint density at radius 3 is 2.57 bits per heavy atom. The maximum Gasteiger partial charge on any atom is 0.338 e. The van der Waals surface area contributed by atoms with E-state index in [1.54, 1.807) is 30.3 Å². The molecule has 2 aromatic heterocycles. The van der Waals surface area contributed by atoms with Crippen LogP contribution in [0.15, 0.2) is 42.5 Å². The third-order valence-electron chi connectivity index (χ3n) is 4.33. The number of fused-ring (bicyclic) bond motifs is 3. The Kier molecular flexibility index (Phi) is 4.84. The maximum absolute atomic E-state index is 13.6. The van der Waals surface area contributed by atoms with E-state index in [4.69, 9.17) is 4.74 Å². The minimum absolute atomic E-state index is 0.319. The van der Waals surface area contributed by atoms with E-state index < -0.39 is 14.0 Å². The van der Waals surface area contributed by atoms with Crippen molar-refractivity contribution in [3.05, 3.63) is 59.5 Å². The molecule has 0 radical (unpaired) electrons. The largest absolute Gasteiger partial charge is 0.465 e. The van der Waals surface area contributed by atoms with Crippen LogP contribution in [-0.2, 0) is 4.74 Å². The molecule has 0 aliphatic rings. The van der Waals surface area contributed by atoms with Crippen molar-refractivity contribution in [2.24, 2.45) is 0 Å². The van der Waals surface area contributed by atoms with Crippen LogP contribution in [0.4, 0.5) is 4.39 Å².